The lowest BCUT2D eigenvalue weighted by atomic mass is 9.94. The zero-order valence-electron chi connectivity index (χ0n) is 20.5. The standard InChI is InChI=1S/C32H30N2O2/c1-23(21-22-24-13-5-2-6-14-24)29-27-19-11-12-20-28(27)34(32(29)36)30(25-15-7-3-8-16-25)31(35)33-26-17-9-4-10-18-26/h2-3,5-8,11-16,19-20,26,30H,4,9-10,17-18H2,1H3,(H,33,35)/b29-23+. The number of anilines is 1. The third-order valence-corrected chi connectivity index (χ3v) is 6.98. The second-order valence-corrected chi connectivity index (χ2v) is 9.47. The van der Waals surface area contributed by atoms with E-state index in [0.29, 0.717) is 11.1 Å². The summed E-state index contributed by atoms with van der Waals surface area (Å²) in [6.07, 6.45) is 5.43. The number of rotatable bonds is 4. The molecular formula is C32H30N2O2. The van der Waals surface area contributed by atoms with Crippen LogP contribution < -0.4 is 10.2 Å². The minimum atomic E-state index is -0.755. The lowest BCUT2D eigenvalue weighted by Crippen LogP contribution is -2.46. The minimum Gasteiger partial charge on any atom is -0.351 e. The zero-order valence-corrected chi connectivity index (χ0v) is 20.5. The first-order valence-corrected chi connectivity index (χ1v) is 12.7. The van der Waals surface area contributed by atoms with Gasteiger partial charge in [-0.15, -0.1) is 0 Å². The summed E-state index contributed by atoms with van der Waals surface area (Å²) >= 11 is 0. The lowest BCUT2D eigenvalue weighted by molar-refractivity contribution is -0.125. The predicted octanol–water partition coefficient (Wildman–Crippen LogP) is 6.05. The molecule has 5 rings (SSSR count). The van der Waals surface area contributed by atoms with Gasteiger partial charge in [-0.1, -0.05) is 97.8 Å². The van der Waals surface area contributed by atoms with E-state index in [4.69, 9.17) is 0 Å². The van der Waals surface area contributed by atoms with E-state index in [1.807, 2.05) is 91.9 Å². The Labute approximate surface area is 213 Å². The van der Waals surface area contributed by atoms with Crippen molar-refractivity contribution in [3.8, 4) is 11.8 Å². The molecule has 36 heavy (non-hydrogen) atoms. The van der Waals surface area contributed by atoms with Crippen LogP contribution in [-0.2, 0) is 9.59 Å². The summed E-state index contributed by atoms with van der Waals surface area (Å²) < 4.78 is 0. The third-order valence-electron chi connectivity index (χ3n) is 6.98. The summed E-state index contributed by atoms with van der Waals surface area (Å²) in [5, 5.41) is 3.26. The van der Waals surface area contributed by atoms with Crippen LogP contribution in [0.1, 0.15) is 61.8 Å². The molecule has 0 bridgehead atoms. The molecule has 180 valence electrons. The van der Waals surface area contributed by atoms with Gasteiger partial charge in [-0.25, -0.2) is 0 Å². The molecule has 2 amide bonds. The van der Waals surface area contributed by atoms with Crippen LogP contribution in [0.25, 0.3) is 5.57 Å². The van der Waals surface area contributed by atoms with E-state index in [1.165, 1.54) is 6.42 Å². The fraction of sp³-hybridized carbons (Fsp3) is 0.250. The number of hydrogen-bond donors (Lipinski definition) is 1. The predicted molar refractivity (Wildman–Crippen MR) is 144 cm³/mol. The van der Waals surface area contributed by atoms with Gasteiger partial charge in [-0.3, -0.25) is 14.5 Å². The fourth-order valence-corrected chi connectivity index (χ4v) is 5.19. The highest BCUT2D eigenvalue weighted by atomic mass is 16.2. The van der Waals surface area contributed by atoms with Crippen LogP contribution in [0.15, 0.2) is 90.5 Å². The van der Waals surface area contributed by atoms with Crippen LogP contribution in [0.4, 0.5) is 5.69 Å². The van der Waals surface area contributed by atoms with Crippen molar-refractivity contribution in [1.29, 1.82) is 0 Å². The third kappa shape index (κ3) is 4.83. The van der Waals surface area contributed by atoms with Gasteiger partial charge < -0.3 is 5.32 Å². The topological polar surface area (TPSA) is 49.4 Å². The molecule has 0 spiro atoms. The average molecular weight is 475 g/mol. The quantitative estimate of drug-likeness (QED) is 0.370. The molecule has 0 saturated heterocycles. The average Bonchev–Trinajstić information content (AvgIpc) is 3.21. The summed E-state index contributed by atoms with van der Waals surface area (Å²) in [4.78, 5) is 29.5. The van der Waals surface area contributed by atoms with Crippen LogP contribution in [0.2, 0.25) is 0 Å². The van der Waals surface area contributed by atoms with Crippen molar-refractivity contribution in [1.82, 2.24) is 5.32 Å². The molecule has 2 aliphatic rings. The molecule has 1 atom stereocenters. The number of fused-ring (bicyclic) bond motifs is 1. The van der Waals surface area contributed by atoms with Gasteiger partial charge in [0.2, 0.25) is 5.91 Å². The first kappa shape index (κ1) is 23.6. The van der Waals surface area contributed by atoms with Gasteiger partial charge in [0.25, 0.3) is 5.91 Å². The van der Waals surface area contributed by atoms with E-state index >= 15 is 0 Å². The summed E-state index contributed by atoms with van der Waals surface area (Å²) in [7, 11) is 0. The van der Waals surface area contributed by atoms with Crippen LogP contribution in [-0.4, -0.2) is 17.9 Å². The Hall–Kier alpha value is -4.10. The van der Waals surface area contributed by atoms with Crippen molar-refractivity contribution in [2.45, 2.75) is 51.1 Å². The maximum Gasteiger partial charge on any atom is 0.260 e. The number of carbonyl (C=O) groups excluding carboxylic acids is 2. The molecule has 3 aromatic carbocycles. The molecular weight excluding hydrogens is 444 g/mol. The van der Waals surface area contributed by atoms with Gasteiger partial charge in [-0.05, 0) is 43.5 Å². The number of nitrogens with one attached hydrogen (secondary N) is 1. The molecule has 3 aromatic rings. The van der Waals surface area contributed by atoms with Crippen molar-refractivity contribution in [2.24, 2.45) is 0 Å². The highest BCUT2D eigenvalue weighted by Crippen LogP contribution is 2.43. The Kier molecular flexibility index (Phi) is 7.00. The fourth-order valence-electron chi connectivity index (χ4n) is 5.19. The second-order valence-electron chi connectivity index (χ2n) is 9.47. The number of carbonyl (C=O) groups is 2. The molecule has 1 aliphatic heterocycles. The maximum absolute atomic E-state index is 14.0. The maximum atomic E-state index is 14.0. The smallest absolute Gasteiger partial charge is 0.260 e. The van der Waals surface area contributed by atoms with Crippen molar-refractivity contribution >= 4 is 23.1 Å². The largest absolute Gasteiger partial charge is 0.351 e. The molecule has 1 heterocycles. The monoisotopic (exact) mass is 474 g/mol. The molecule has 4 nitrogen and oxygen atoms in total. The highest BCUT2D eigenvalue weighted by Gasteiger charge is 2.41. The van der Waals surface area contributed by atoms with E-state index < -0.39 is 6.04 Å². The molecule has 1 aliphatic carbocycles. The molecule has 4 heteroatoms. The van der Waals surface area contributed by atoms with Crippen molar-refractivity contribution in [2.75, 3.05) is 4.90 Å². The number of para-hydroxylation sites is 1. The zero-order chi connectivity index (χ0) is 24.9. The molecule has 0 aromatic heterocycles. The van der Waals surface area contributed by atoms with Gasteiger partial charge in [0.1, 0.15) is 6.04 Å². The van der Waals surface area contributed by atoms with E-state index in [1.54, 1.807) is 4.90 Å². The van der Waals surface area contributed by atoms with E-state index in [9.17, 15) is 9.59 Å². The Morgan fingerprint density at radius 3 is 2.25 bits per heavy atom. The van der Waals surface area contributed by atoms with E-state index in [-0.39, 0.29) is 17.9 Å². The van der Waals surface area contributed by atoms with Gasteiger partial charge in [0.15, 0.2) is 0 Å². The summed E-state index contributed by atoms with van der Waals surface area (Å²) in [6.45, 7) is 1.88. The van der Waals surface area contributed by atoms with Gasteiger partial charge in [-0.2, -0.15) is 0 Å². The van der Waals surface area contributed by atoms with Crippen LogP contribution in [0.5, 0.6) is 0 Å². The highest BCUT2D eigenvalue weighted by molar-refractivity contribution is 6.34. The number of allylic oxidation sites excluding steroid dienone is 1. The number of hydrogen-bond acceptors (Lipinski definition) is 2. The van der Waals surface area contributed by atoms with Gasteiger partial charge in [0, 0.05) is 22.7 Å². The number of nitrogens with zero attached hydrogens (tertiary/aromatic N) is 1. The van der Waals surface area contributed by atoms with E-state index in [0.717, 1.165) is 48.1 Å². The molecule has 0 radical (unpaired) electrons. The molecule has 1 saturated carbocycles. The SMILES string of the molecule is C/C(C#Cc1ccccc1)=C1\C(=O)N(C(C(=O)NC2CCCCC2)c2ccccc2)c2ccccc21. The van der Waals surface area contributed by atoms with Crippen LogP contribution in [0.3, 0.4) is 0 Å². The van der Waals surface area contributed by atoms with Crippen LogP contribution >= 0.6 is 0 Å². The molecule has 1 unspecified atom stereocenters. The van der Waals surface area contributed by atoms with Gasteiger partial charge >= 0.3 is 0 Å². The normalized spacial score (nSPS) is 17.6. The Bertz CT molecular complexity index is 1340. The first-order valence-electron chi connectivity index (χ1n) is 12.7. The minimum absolute atomic E-state index is 0.134. The Morgan fingerprint density at radius 1 is 0.889 bits per heavy atom. The number of amides is 2. The van der Waals surface area contributed by atoms with Crippen LogP contribution in [0, 0.1) is 11.8 Å². The Morgan fingerprint density at radius 2 is 1.53 bits per heavy atom. The number of benzene rings is 3. The molecule has 1 N–H and O–H groups in total. The van der Waals surface area contributed by atoms with Crippen molar-refractivity contribution in [3.05, 3.63) is 107 Å². The van der Waals surface area contributed by atoms with E-state index in [2.05, 4.69) is 17.2 Å². The van der Waals surface area contributed by atoms with Crippen molar-refractivity contribution in [3.63, 3.8) is 0 Å². The summed E-state index contributed by atoms with van der Waals surface area (Å²) in [5.41, 5.74) is 4.49. The summed E-state index contributed by atoms with van der Waals surface area (Å²) in [6, 6.07) is 26.4. The van der Waals surface area contributed by atoms with Crippen molar-refractivity contribution < 1.29 is 9.59 Å². The summed E-state index contributed by atoms with van der Waals surface area (Å²) in [5.74, 6) is 6.03. The molecule has 1 fully saturated rings. The first-order chi connectivity index (χ1) is 17.6. The Balaban J connectivity index is 1.56. The lowest BCUT2D eigenvalue weighted by Gasteiger charge is -2.31. The second kappa shape index (κ2) is 10.7. The van der Waals surface area contributed by atoms with Gasteiger partial charge in [0.05, 0.1) is 11.3 Å².